The standard InChI is InChI=1S/C69H131N2O7P/c1-7-10-13-16-19-22-25-27-29-31-32-33-34-35-36-37-38-40-42-44-47-50-53-56-59-62-69(73)78-67(60-57-54-51-48-45-24-21-18-15-12-9-3)66(65-77-79(74,75)76-64-63-71(4,5)6)70-68(72)61-58-55-52-49-46-43-41-39-30-28-26-23-20-17-14-11-8-2/h20,23,27-30,57,60,66-67H,7-19,21-22,24-26,31-56,58-59,61-65H2,1-6H3,(H-,70,72,74,75)/b23-20-,29-27+,30-28-,60-57-. The molecule has 0 aromatic heterocycles. The van der Waals surface area contributed by atoms with Crippen molar-refractivity contribution in [3.05, 3.63) is 48.6 Å². The van der Waals surface area contributed by atoms with E-state index in [1.807, 2.05) is 33.3 Å². The highest BCUT2D eigenvalue weighted by Crippen LogP contribution is 2.38. The minimum Gasteiger partial charge on any atom is -0.756 e. The summed E-state index contributed by atoms with van der Waals surface area (Å²) in [7, 11) is 1.19. The van der Waals surface area contributed by atoms with Crippen molar-refractivity contribution < 1.29 is 37.3 Å². The third-order valence-electron chi connectivity index (χ3n) is 15.2. The van der Waals surface area contributed by atoms with E-state index in [-0.39, 0.29) is 31.5 Å². The van der Waals surface area contributed by atoms with Crippen LogP contribution < -0.4 is 10.2 Å². The molecule has 0 aliphatic carbocycles. The number of rotatable bonds is 62. The molecule has 1 N–H and O–H groups in total. The second kappa shape index (κ2) is 59.1. The maximum Gasteiger partial charge on any atom is 0.306 e. The number of phosphoric ester groups is 1. The Balaban J connectivity index is 5.03. The normalized spacial score (nSPS) is 13.9. The Morgan fingerprint density at radius 2 is 0.772 bits per heavy atom. The predicted molar refractivity (Wildman–Crippen MR) is 339 cm³/mol. The van der Waals surface area contributed by atoms with E-state index in [9.17, 15) is 19.0 Å². The van der Waals surface area contributed by atoms with E-state index in [0.29, 0.717) is 17.4 Å². The van der Waals surface area contributed by atoms with Crippen LogP contribution in [0.5, 0.6) is 0 Å². The van der Waals surface area contributed by atoms with Gasteiger partial charge in [-0.15, -0.1) is 0 Å². The number of carbonyl (C=O) groups excluding carboxylic acids is 2. The molecule has 79 heavy (non-hydrogen) atoms. The molecule has 3 atom stereocenters. The fourth-order valence-corrected chi connectivity index (χ4v) is 10.7. The van der Waals surface area contributed by atoms with Crippen LogP contribution in [0.1, 0.15) is 329 Å². The van der Waals surface area contributed by atoms with Gasteiger partial charge in [0.2, 0.25) is 5.91 Å². The zero-order valence-corrected chi connectivity index (χ0v) is 54.0. The number of likely N-dealkylation sites (N-methyl/N-ethyl adjacent to an activating group) is 1. The van der Waals surface area contributed by atoms with E-state index < -0.39 is 20.0 Å². The van der Waals surface area contributed by atoms with Gasteiger partial charge >= 0.3 is 5.97 Å². The minimum absolute atomic E-state index is 0.0230. The topological polar surface area (TPSA) is 114 Å². The molecule has 9 nitrogen and oxygen atoms in total. The smallest absolute Gasteiger partial charge is 0.306 e. The summed E-state index contributed by atoms with van der Waals surface area (Å²) in [4.78, 5) is 40.1. The molecule has 0 bridgehead atoms. The number of unbranched alkanes of at least 4 members (excludes halogenated alkanes) is 40. The van der Waals surface area contributed by atoms with Crippen LogP contribution in [0.3, 0.4) is 0 Å². The van der Waals surface area contributed by atoms with Crippen molar-refractivity contribution in [2.45, 2.75) is 341 Å². The Kier molecular flexibility index (Phi) is 57.6. The molecule has 0 aromatic rings. The first-order valence-electron chi connectivity index (χ1n) is 33.9. The third kappa shape index (κ3) is 60.4. The number of phosphoric acid groups is 1. The first-order valence-corrected chi connectivity index (χ1v) is 35.4. The Labute approximate surface area is 490 Å². The molecular formula is C69H131N2O7P. The summed E-state index contributed by atoms with van der Waals surface area (Å²) < 4.78 is 30.4. The second-order valence-corrected chi connectivity index (χ2v) is 25.7. The lowest BCUT2D eigenvalue weighted by Crippen LogP contribution is -2.47. The van der Waals surface area contributed by atoms with Gasteiger partial charge in [0.1, 0.15) is 19.3 Å². The quantitative estimate of drug-likeness (QED) is 0.0212. The van der Waals surface area contributed by atoms with E-state index in [2.05, 4.69) is 62.5 Å². The van der Waals surface area contributed by atoms with Crippen molar-refractivity contribution in [3.63, 3.8) is 0 Å². The highest BCUT2D eigenvalue weighted by atomic mass is 31.2. The van der Waals surface area contributed by atoms with Gasteiger partial charge in [-0.2, -0.15) is 0 Å². The Bertz CT molecular complexity index is 1490. The summed E-state index contributed by atoms with van der Waals surface area (Å²) in [5.41, 5.74) is 0. The van der Waals surface area contributed by atoms with Gasteiger partial charge in [0.25, 0.3) is 7.82 Å². The zero-order chi connectivity index (χ0) is 57.9. The van der Waals surface area contributed by atoms with Gasteiger partial charge in [-0.05, 0) is 89.5 Å². The number of hydrogen-bond donors (Lipinski definition) is 1. The number of nitrogens with one attached hydrogen (secondary N) is 1. The first-order chi connectivity index (χ1) is 38.4. The summed E-state index contributed by atoms with van der Waals surface area (Å²) in [6, 6.07) is -0.891. The molecule has 464 valence electrons. The lowest BCUT2D eigenvalue weighted by atomic mass is 10.0. The molecule has 1 amide bonds. The van der Waals surface area contributed by atoms with Gasteiger partial charge in [-0.3, -0.25) is 14.2 Å². The number of hydrogen-bond acceptors (Lipinski definition) is 7. The van der Waals surface area contributed by atoms with Crippen LogP contribution in [-0.4, -0.2) is 69.4 Å². The second-order valence-electron chi connectivity index (χ2n) is 24.3. The number of amides is 1. The lowest BCUT2D eigenvalue weighted by Gasteiger charge is -2.30. The number of quaternary nitrogens is 1. The van der Waals surface area contributed by atoms with Gasteiger partial charge in [-0.1, -0.05) is 275 Å². The maximum absolute atomic E-state index is 13.5. The Hall–Kier alpha value is -2.03. The SMILES string of the molecule is CCCCC/C=C\C/C=C\CCCCCCCCCC(=O)NC(COP(=O)([O-])OCC[N+](C)(C)C)C(/C=C\CCCCCCCCCCC)OC(=O)CCCCCCCCCCCCCCCCC/C=C/CCCCCCCC. The van der Waals surface area contributed by atoms with Crippen molar-refractivity contribution in [2.75, 3.05) is 40.9 Å². The highest BCUT2D eigenvalue weighted by Gasteiger charge is 2.27. The predicted octanol–water partition coefficient (Wildman–Crippen LogP) is 20.6. The van der Waals surface area contributed by atoms with E-state index in [0.717, 1.165) is 77.0 Å². The molecular weight excluding hydrogens is 1000 g/mol. The number of carbonyl (C=O) groups is 2. The third-order valence-corrected chi connectivity index (χ3v) is 16.2. The molecule has 0 heterocycles. The van der Waals surface area contributed by atoms with Crippen molar-refractivity contribution >= 4 is 19.7 Å². The lowest BCUT2D eigenvalue weighted by molar-refractivity contribution is -0.870. The average Bonchev–Trinajstić information content (AvgIpc) is 3.41. The molecule has 0 aliphatic rings. The number of esters is 1. The fourth-order valence-electron chi connectivity index (χ4n) is 9.96. The summed E-state index contributed by atoms with van der Waals surface area (Å²) in [5, 5.41) is 3.03. The van der Waals surface area contributed by atoms with E-state index in [1.54, 1.807) is 0 Å². The number of allylic oxidation sites excluding steroid dienone is 7. The van der Waals surface area contributed by atoms with Crippen molar-refractivity contribution in [3.8, 4) is 0 Å². The first kappa shape index (κ1) is 77.0. The van der Waals surface area contributed by atoms with E-state index >= 15 is 0 Å². The van der Waals surface area contributed by atoms with Crippen molar-refractivity contribution in [2.24, 2.45) is 0 Å². The molecule has 3 unspecified atom stereocenters. The number of ether oxygens (including phenoxy) is 1. The molecule has 0 rings (SSSR count). The van der Waals surface area contributed by atoms with Crippen LogP contribution in [0.25, 0.3) is 0 Å². The molecule has 0 aromatic carbocycles. The van der Waals surface area contributed by atoms with Crippen LogP contribution in [0.4, 0.5) is 0 Å². The molecule has 0 fully saturated rings. The summed E-state index contributed by atoms with van der Waals surface area (Å²) in [6.07, 6.45) is 73.8. The highest BCUT2D eigenvalue weighted by molar-refractivity contribution is 7.45. The minimum atomic E-state index is -4.70. The van der Waals surface area contributed by atoms with Gasteiger partial charge in [0.15, 0.2) is 0 Å². The molecule has 10 heteroatoms. The van der Waals surface area contributed by atoms with Crippen LogP contribution >= 0.6 is 7.82 Å². The zero-order valence-electron chi connectivity index (χ0n) is 53.1. The van der Waals surface area contributed by atoms with Gasteiger partial charge in [-0.25, -0.2) is 0 Å². The molecule has 0 saturated heterocycles. The average molecular weight is 1130 g/mol. The largest absolute Gasteiger partial charge is 0.756 e. The molecule has 0 spiro atoms. The molecule has 0 radical (unpaired) electrons. The van der Waals surface area contributed by atoms with Gasteiger partial charge in [0, 0.05) is 12.8 Å². The summed E-state index contributed by atoms with van der Waals surface area (Å²) >= 11 is 0. The fraction of sp³-hybridized carbons (Fsp3) is 0.855. The van der Waals surface area contributed by atoms with Gasteiger partial charge in [0.05, 0.1) is 33.8 Å². The summed E-state index contributed by atoms with van der Waals surface area (Å²) in [6.45, 7) is 6.84. The Morgan fingerprint density at radius 1 is 0.443 bits per heavy atom. The van der Waals surface area contributed by atoms with Crippen LogP contribution in [0.15, 0.2) is 48.6 Å². The van der Waals surface area contributed by atoms with Crippen molar-refractivity contribution in [1.29, 1.82) is 0 Å². The summed E-state index contributed by atoms with van der Waals surface area (Å²) in [5.74, 6) is -0.538. The van der Waals surface area contributed by atoms with Crippen molar-refractivity contribution in [1.82, 2.24) is 5.32 Å². The Morgan fingerprint density at radius 3 is 1.18 bits per heavy atom. The van der Waals surface area contributed by atoms with Crippen LogP contribution in [0, 0.1) is 0 Å². The number of nitrogens with zero attached hydrogens (tertiary/aromatic N) is 1. The molecule has 0 aliphatic heterocycles. The van der Waals surface area contributed by atoms with E-state index in [1.165, 1.54) is 218 Å². The molecule has 0 saturated carbocycles. The maximum atomic E-state index is 13.5. The van der Waals surface area contributed by atoms with Crippen LogP contribution in [0.2, 0.25) is 0 Å². The monoisotopic (exact) mass is 1130 g/mol. The van der Waals surface area contributed by atoms with Gasteiger partial charge < -0.3 is 28.5 Å². The van der Waals surface area contributed by atoms with E-state index in [4.69, 9.17) is 13.8 Å². The van der Waals surface area contributed by atoms with Crippen LogP contribution in [-0.2, 0) is 27.9 Å².